The van der Waals surface area contributed by atoms with Crippen molar-refractivity contribution in [3.8, 4) is 0 Å². The Balaban J connectivity index is 1.71. The van der Waals surface area contributed by atoms with Crippen molar-refractivity contribution in [2.24, 2.45) is 5.73 Å². The van der Waals surface area contributed by atoms with Gasteiger partial charge in [0, 0.05) is 6.42 Å². The number of aliphatic carboxylic acids is 2. The third-order valence-corrected chi connectivity index (χ3v) is 9.53. The maximum Gasteiger partial charge on any atom is 0.367 e. The van der Waals surface area contributed by atoms with Crippen LogP contribution in [0.1, 0.15) is 6.42 Å². The van der Waals surface area contributed by atoms with Crippen LogP contribution in [-0.4, -0.2) is 248 Å². The fraction of sp³-hybridized carbons (Fsp3) is 0.929. The number of hydrogen-bond donors (Lipinski definition) is 17. The van der Waals surface area contributed by atoms with Gasteiger partial charge in [0.15, 0.2) is 12.6 Å². The molecular formula is C28H47NO25. The molecule has 54 heavy (non-hydrogen) atoms. The first-order valence-electron chi connectivity index (χ1n) is 16.4. The average Bonchev–Trinajstić information content (AvgIpc) is 3.13. The Labute approximate surface area is 303 Å². The van der Waals surface area contributed by atoms with Gasteiger partial charge in [-0.25, -0.2) is 9.59 Å². The van der Waals surface area contributed by atoms with E-state index in [4.69, 9.17) is 38.9 Å². The van der Waals surface area contributed by atoms with Gasteiger partial charge in [0.2, 0.25) is 0 Å². The third-order valence-electron chi connectivity index (χ3n) is 9.53. The maximum absolute atomic E-state index is 12.9. The fourth-order valence-electron chi connectivity index (χ4n) is 6.37. The van der Waals surface area contributed by atoms with Crippen molar-refractivity contribution in [3.05, 3.63) is 0 Å². The third kappa shape index (κ3) is 8.64. The molecule has 4 heterocycles. The van der Waals surface area contributed by atoms with Crippen LogP contribution in [0.3, 0.4) is 0 Å². The number of hydrogen-bond acceptors (Lipinski definition) is 24. The van der Waals surface area contributed by atoms with Crippen molar-refractivity contribution < 1.29 is 124 Å². The zero-order valence-electron chi connectivity index (χ0n) is 27.9. The summed E-state index contributed by atoms with van der Waals surface area (Å²) in [6.45, 7) is -3.68. The van der Waals surface area contributed by atoms with Crippen LogP contribution in [0.4, 0.5) is 0 Å². The Kier molecular flexibility index (Phi) is 14.7. The number of aliphatic hydroxyl groups excluding tert-OH is 13. The van der Waals surface area contributed by atoms with Crippen LogP contribution < -0.4 is 5.73 Å². The molecule has 18 N–H and O–H groups in total. The highest BCUT2D eigenvalue weighted by Crippen LogP contribution is 2.41. The van der Waals surface area contributed by atoms with Crippen molar-refractivity contribution in [1.29, 1.82) is 0 Å². The topological polar surface area (TPSA) is 448 Å². The van der Waals surface area contributed by atoms with Gasteiger partial charge in [-0.1, -0.05) is 0 Å². The molecule has 4 aliphatic rings. The lowest BCUT2D eigenvalue weighted by molar-refractivity contribution is -0.408. The van der Waals surface area contributed by atoms with E-state index < -0.39 is 166 Å². The summed E-state index contributed by atoms with van der Waals surface area (Å²) in [6, 6.07) is -1.02. The molecule has 0 radical (unpaired) electrons. The summed E-state index contributed by atoms with van der Waals surface area (Å²) >= 11 is 0. The van der Waals surface area contributed by atoms with Crippen LogP contribution in [0.5, 0.6) is 0 Å². The molecule has 26 nitrogen and oxygen atoms in total. The highest BCUT2D eigenvalue weighted by Gasteiger charge is 2.65. The highest BCUT2D eigenvalue weighted by molar-refractivity contribution is 5.77. The molecule has 4 rings (SSSR count). The quantitative estimate of drug-likeness (QED) is 0.0775. The first-order valence-corrected chi connectivity index (χ1v) is 16.4. The molecule has 0 aromatic heterocycles. The van der Waals surface area contributed by atoms with Gasteiger partial charge < -0.3 is 121 Å². The van der Waals surface area contributed by atoms with E-state index in [1.807, 2.05) is 0 Å². The molecule has 0 aromatic carbocycles. The zero-order chi connectivity index (χ0) is 40.6. The minimum atomic E-state index is -3.69. The predicted octanol–water partition coefficient (Wildman–Crippen LogP) is -11.1. The van der Waals surface area contributed by atoms with Crippen molar-refractivity contribution in [2.45, 2.75) is 134 Å². The largest absolute Gasteiger partial charge is 0.477 e. The minimum absolute atomic E-state index is 0.323. The summed E-state index contributed by atoms with van der Waals surface area (Å²) in [5, 5.41) is 166. The molecule has 4 fully saturated rings. The summed E-state index contributed by atoms with van der Waals surface area (Å²) < 4.78 is 37.4. The maximum atomic E-state index is 12.9. The number of carboxylic acid groups (broad SMARTS) is 2. The van der Waals surface area contributed by atoms with Gasteiger partial charge in [0.05, 0.1) is 38.6 Å². The van der Waals surface area contributed by atoms with Crippen LogP contribution in [-0.2, 0) is 42.7 Å². The highest BCUT2D eigenvalue weighted by atomic mass is 16.8. The monoisotopic (exact) mass is 797 g/mol. The number of rotatable bonds is 14. The number of aliphatic hydroxyl groups is 14. The Morgan fingerprint density at radius 3 is 1.87 bits per heavy atom. The van der Waals surface area contributed by atoms with Crippen molar-refractivity contribution >= 4 is 11.9 Å². The second kappa shape index (κ2) is 17.7. The molecule has 0 saturated carbocycles. The normalized spacial score (nSPS) is 47.8. The van der Waals surface area contributed by atoms with Crippen LogP contribution >= 0.6 is 0 Å². The number of ether oxygens (including phenoxy) is 7. The van der Waals surface area contributed by atoms with E-state index in [1.165, 1.54) is 0 Å². The summed E-state index contributed by atoms with van der Waals surface area (Å²) in [5.74, 6) is -11.7. The lowest BCUT2D eigenvalue weighted by atomic mass is 9.88. The second-order valence-corrected chi connectivity index (χ2v) is 13.3. The van der Waals surface area contributed by atoms with E-state index in [9.17, 15) is 91.3 Å². The van der Waals surface area contributed by atoms with E-state index in [-0.39, 0.29) is 6.61 Å². The van der Waals surface area contributed by atoms with Gasteiger partial charge in [-0.2, -0.15) is 0 Å². The number of carbonyl (C=O) groups is 2. The molecule has 0 aliphatic carbocycles. The first-order chi connectivity index (χ1) is 25.1. The van der Waals surface area contributed by atoms with Crippen LogP contribution in [0.25, 0.3) is 0 Å². The molecule has 4 aliphatic heterocycles. The van der Waals surface area contributed by atoms with E-state index >= 15 is 0 Å². The Morgan fingerprint density at radius 2 is 1.30 bits per heavy atom. The Hall–Kier alpha value is -1.94. The van der Waals surface area contributed by atoms with Crippen molar-refractivity contribution in [2.75, 3.05) is 26.4 Å². The fourth-order valence-corrected chi connectivity index (χ4v) is 6.37. The summed E-state index contributed by atoms with van der Waals surface area (Å²) in [7, 11) is 0. The smallest absolute Gasteiger partial charge is 0.367 e. The molecule has 4 saturated heterocycles. The first kappa shape index (κ1) is 44.8. The summed E-state index contributed by atoms with van der Waals surface area (Å²) in [5.41, 5.74) is 5.59. The predicted molar refractivity (Wildman–Crippen MR) is 160 cm³/mol. The molecule has 314 valence electrons. The molecule has 0 amide bonds. The van der Waals surface area contributed by atoms with Gasteiger partial charge in [0.1, 0.15) is 91.6 Å². The SMILES string of the molecule is N[C@H]1CO[C@@H](OC[C@@H](O)[C@H]2O[C@@](O[C@@H]3C[C@](O)(C(=O)O)O[C@H]([C@H](O)CO)[C@@H]3O[C@H]3O[C@H]([C@@H](O)CO)[C@@H](O)[C@H](O)[C@@H]3O)(C(=O)O)[C@@H](O)[C@@H](O)[C@H]2O)[C@H](O)[C@H]1O. The van der Waals surface area contributed by atoms with Gasteiger partial charge in [0.25, 0.3) is 11.6 Å². The summed E-state index contributed by atoms with van der Waals surface area (Å²) in [6.07, 6.45) is -40.5. The lowest BCUT2D eigenvalue weighted by Crippen LogP contribution is -2.73. The van der Waals surface area contributed by atoms with Gasteiger partial charge >= 0.3 is 11.9 Å². The standard InChI is InChI=1S/C28H47NO25/c29-6-4-48-23(16(40)11(6)35)49-5-9(34)19-14(38)15(39)22(42)28(54-19,26(45)46)52-10-1-27(47,25(43)44)53-20(8(33)3-31)21(10)51-24-17(41)12(36)13(37)18(50-24)7(32)2-30/h6-24,30-42,47H,1-5,29H2,(H,43,44)(H,45,46)/t6-,7-,8+,9+,10+,11-,12-,13-,14+,15-,16+,17-,18+,19+,20+,21+,22-,23-,24+,27+,28+/m0/s1. The van der Waals surface area contributed by atoms with E-state index in [0.29, 0.717) is 0 Å². The molecule has 26 heteroatoms. The Morgan fingerprint density at radius 1 is 0.722 bits per heavy atom. The molecule has 0 aromatic rings. The zero-order valence-corrected chi connectivity index (χ0v) is 27.9. The van der Waals surface area contributed by atoms with E-state index in [2.05, 4.69) is 0 Å². The van der Waals surface area contributed by atoms with E-state index in [0.717, 1.165) is 0 Å². The van der Waals surface area contributed by atoms with Crippen molar-refractivity contribution in [1.82, 2.24) is 0 Å². The molecule has 0 unspecified atom stereocenters. The molecule has 0 bridgehead atoms. The lowest BCUT2D eigenvalue weighted by Gasteiger charge is -2.52. The average molecular weight is 798 g/mol. The van der Waals surface area contributed by atoms with Gasteiger partial charge in [-0.3, -0.25) is 0 Å². The van der Waals surface area contributed by atoms with Gasteiger partial charge in [-0.15, -0.1) is 0 Å². The molecule has 0 spiro atoms. The van der Waals surface area contributed by atoms with E-state index in [1.54, 1.807) is 0 Å². The Bertz CT molecular complexity index is 1270. The number of nitrogens with two attached hydrogens (primary N) is 1. The minimum Gasteiger partial charge on any atom is -0.477 e. The molecule has 21 atom stereocenters. The second-order valence-electron chi connectivity index (χ2n) is 13.3. The van der Waals surface area contributed by atoms with Crippen LogP contribution in [0.2, 0.25) is 0 Å². The van der Waals surface area contributed by atoms with Crippen molar-refractivity contribution in [3.63, 3.8) is 0 Å². The van der Waals surface area contributed by atoms with Gasteiger partial charge in [-0.05, 0) is 0 Å². The summed E-state index contributed by atoms with van der Waals surface area (Å²) in [4.78, 5) is 25.1. The molecular weight excluding hydrogens is 750 g/mol. The van der Waals surface area contributed by atoms with Crippen LogP contribution in [0.15, 0.2) is 0 Å². The van der Waals surface area contributed by atoms with Crippen LogP contribution in [0, 0.1) is 0 Å². The number of carboxylic acids is 2.